The second-order valence-electron chi connectivity index (χ2n) is 22.1. The highest BCUT2D eigenvalue weighted by Gasteiger charge is 2.16. The van der Waals surface area contributed by atoms with Gasteiger partial charge in [-0.05, 0) is 210 Å². The van der Waals surface area contributed by atoms with E-state index >= 15 is 0 Å². The molecule has 0 aliphatic heterocycles. The van der Waals surface area contributed by atoms with Crippen LogP contribution in [0.25, 0.3) is 110 Å². The molecule has 0 aliphatic rings. The van der Waals surface area contributed by atoms with E-state index in [-0.39, 0.29) is 5.82 Å². The highest BCUT2D eigenvalue weighted by Crippen LogP contribution is 2.36. The monoisotopic (exact) mass is 1370 g/mol. The summed E-state index contributed by atoms with van der Waals surface area (Å²) in [5, 5.41) is 12.0. The van der Waals surface area contributed by atoms with Crippen LogP contribution in [0.3, 0.4) is 0 Å². The predicted molar refractivity (Wildman–Crippen MR) is 409 cm³/mol. The highest BCUT2D eigenvalue weighted by molar-refractivity contribution is 7.98. The Kier molecular flexibility index (Phi) is 28.0. The minimum absolute atomic E-state index is 0.258. The molecule has 15 nitrogen and oxygen atoms in total. The standard InChI is InChI=1S/C15H13FN2.C14H13N3.2C14H12N2O.C13H11NS2.2C2H6S.C2H6.CH3NO2/c1-9-7-8-10(2)14-13(9)17-15(18-14)11-5-3-4-6-12(11)16;2*1-9-3-4-10(2)13-12(9)16-14(17-13)11-5-7-15-8-6-11;1-9-6-7-10(2)13-12(9)16-14(17-13)11-5-3-4-8-15-11;1-8-5-6-9(2)12-11(8)14-13(16-12)10-4-3-7-15-10;2*1-3-2;1-2;1-2(3)4/h3-8H,1-2H3,(H,17,18);3-8H,1-2H3,(H,16,17);2*3-8H,1-2H3;3-7H,1-2H3;2*1-2H3;1-2H3;1H3. The van der Waals surface area contributed by atoms with E-state index in [0.717, 1.165) is 118 Å². The number of oxazole rings is 2. The number of aromatic nitrogens is 10. The lowest BCUT2D eigenvalue weighted by atomic mass is 10.1. The van der Waals surface area contributed by atoms with Crippen molar-refractivity contribution in [1.29, 1.82) is 0 Å². The molecule has 0 unspecified atom stereocenters. The van der Waals surface area contributed by atoms with Gasteiger partial charge < -0.3 is 18.8 Å². The van der Waals surface area contributed by atoms with Gasteiger partial charge in [0.25, 0.3) is 0 Å². The van der Waals surface area contributed by atoms with Crippen molar-refractivity contribution in [1.82, 2.24) is 49.8 Å². The van der Waals surface area contributed by atoms with Gasteiger partial charge in [0, 0.05) is 47.0 Å². The SMILES string of the molecule is CC.CSC.CSC.C[N+](=O)[O-].Cc1ccc(C)c2[nH]c(-c3ccccc3F)nc12.Cc1ccc(C)c2[nH]c(-c3ccncc3)nc12.Cc1ccc(C)c2oc(-c3ccccn3)nc12.Cc1ccc(C)c2oc(-c3ccncc3)nc12.Cc1ccc(C)c2sc(-c3cccs3)nc12. The number of nitro groups is 1. The van der Waals surface area contributed by atoms with Crippen LogP contribution in [0, 0.1) is 85.2 Å². The van der Waals surface area contributed by atoms with E-state index < -0.39 is 4.92 Å². The second kappa shape index (κ2) is 36.4. The van der Waals surface area contributed by atoms with Crippen LogP contribution in [0.1, 0.15) is 69.5 Å². The number of thioether (sulfide) groups is 2. The van der Waals surface area contributed by atoms with Gasteiger partial charge in [-0.15, -0.1) is 22.7 Å². The molecule has 0 saturated carbocycles. The molecule has 15 rings (SSSR count). The summed E-state index contributed by atoms with van der Waals surface area (Å²) in [6, 6.07) is 45.1. The first kappa shape index (κ1) is 74.7. The lowest BCUT2D eigenvalue weighted by molar-refractivity contribution is -0.445. The number of H-pyrrole nitrogens is 2. The van der Waals surface area contributed by atoms with E-state index in [1.54, 1.807) is 89.3 Å². The molecule has 97 heavy (non-hydrogen) atoms. The van der Waals surface area contributed by atoms with Crippen LogP contribution in [-0.4, -0.2) is 86.8 Å². The maximum absolute atomic E-state index is 13.7. The fraction of sp³-hybridized carbons (Fsp3) is 0.221. The fourth-order valence-corrected chi connectivity index (χ4v) is 11.5. The molecule has 0 bridgehead atoms. The number of thiazole rings is 1. The first-order chi connectivity index (χ1) is 46.7. The van der Waals surface area contributed by atoms with E-state index in [4.69, 9.17) is 23.9 Å². The zero-order valence-electron chi connectivity index (χ0n) is 57.9. The van der Waals surface area contributed by atoms with Gasteiger partial charge in [-0.1, -0.05) is 98.8 Å². The summed E-state index contributed by atoms with van der Waals surface area (Å²) in [7, 11) is 0.889. The number of nitrogens with zero attached hydrogens (tertiary/aromatic N) is 9. The summed E-state index contributed by atoms with van der Waals surface area (Å²) in [4.78, 5) is 51.4. The van der Waals surface area contributed by atoms with Crippen molar-refractivity contribution in [2.24, 2.45) is 0 Å². The normalized spacial score (nSPS) is 10.3. The van der Waals surface area contributed by atoms with Crippen molar-refractivity contribution in [2.45, 2.75) is 83.1 Å². The van der Waals surface area contributed by atoms with E-state index in [0.29, 0.717) is 23.2 Å². The van der Waals surface area contributed by atoms with Crippen LogP contribution in [-0.2, 0) is 0 Å². The van der Waals surface area contributed by atoms with Crippen LogP contribution in [0.5, 0.6) is 0 Å². The predicted octanol–water partition coefficient (Wildman–Crippen LogP) is 21.8. The molecular weight excluding hydrogens is 1290 g/mol. The minimum atomic E-state index is -0.500. The van der Waals surface area contributed by atoms with E-state index in [2.05, 4.69) is 133 Å². The van der Waals surface area contributed by atoms with Crippen LogP contribution >= 0.6 is 46.2 Å². The van der Waals surface area contributed by atoms with Gasteiger partial charge in [0.2, 0.25) is 11.8 Å². The zero-order chi connectivity index (χ0) is 70.3. The van der Waals surface area contributed by atoms with Crippen LogP contribution in [0.15, 0.2) is 185 Å². The fourth-order valence-electron chi connectivity index (χ4n) is 9.64. The molecule has 9 heterocycles. The van der Waals surface area contributed by atoms with Gasteiger partial charge in [-0.25, -0.2) is 29.3 Å². The number of rotatable bonds is 5. The molecule has 0 radical (unpaired) electrons. The number of hydrogen-bond acceptors (Lipinski definition) is 16. The average Bonchev–Trinajstić information content (AvgIpc) is 1.74. The number of benzene rings is 6. The van der Waals surface area contributed by atoms with Gasteiger partial charge in [-0.3, -0.25) is 25.1 Å². The molecular formula is C77H82FN11O4S4. The lowest BCUT2D eigenvalue weighted by Gasteiger charge is -1.97. The summed E-state index contributed by atoms with van der Waals surface area (Å²) in [6.45, 7) is 24.6. The summed E-state index contributed by atoms with van der Waals surface area (Å²) in [6.07, 6.45) is 16.9. The van der Waals surface area contributed by atoms with Gasteiger partial charge in [0.05, 0.1) is 42.7 Å². The smallest absolute Gasteiger partial charge is 0.246 e. The third kappa shape index (κ3) is 19.5. The molecule has 6 aromatic carbocycles. The lowest BCUT2D eigenvalue weighted by Crippen LogP contribution is -1.85. The maximum atomic E-state index is 13.7. The zero-order valence-corrected chi connectivity index (χ0v) is 61.2. The van der Waals surface area contributed by atoms with Crippen molar-refractivity contribution in [3.05, 3.63) is 247 Å². The van der Waals surface area contributed by atoms with Crippen molar-refractivity contribution >= 4 is 101 Å². The Morgan fingerprint density at radius 1 is 0.464 bits per heavy atom. The Bertz CT molecular complexity index is 4480. The molecule has 0 atom stereocenters. The quantitative estimate of drug-likeness (QED) is 0.122. The molecule has 0 amide bonds. The first-order valence-electron chi connectivity index (χ1n) is 31.2. The number of aryl methyl sites for hydroxylation is 10. The second-order valence-corrected chi connectivity index (χ2v) is 25.7. The highest BCUT2D eigenvalue weighted by atomic mass is 32.2. The summed E-state index contributed by atoms with van der Waals surface area (Å²) in [5.74, 6) is 2.46. The van der Waals surface area contributed by atoms with Crippen LogP contribution in [0.2, 0.25) is 0 Å². The van der Waals surface area contributed by atoms with E-state index in [1.807, 2.05) is 147 Å². The van der Waals surface area contributed by atoms with Crippen molar-refractivity contribution < 1.29 is 18.1 Å². The third-order valence-corrected chi connectivity index (χ3v) is 16.8. The average molecular weight is 1370 g/mol. The Balaban J connectivity index is 0.000000164. The Morgan fingerprint density at radius 3 is 1.37 bits per heavy atom. The molecule has 20 heteroatoms. The Morgan fingerprint density at radius 2 is 0.897 bits per heavy atom. The molecule has 0 spiro atoms. The topological polar surface area (TPSA) is 204 Å². The van der Waals surface area contributed by atoms with Crippen molar-refractivity contribution in [3.63, 3.8) is 0 Å². The number of fused-ring (bicyclic) bond motifs is 5. The first-order valence-corrected chi connectivity index (χ1v) is 36.1. The number of pyridine rings is 3. The molecule has 15 aromatic rings. The number of halogens is 1. The number of hydrogen-bond donors (Lipinski definition) is 2. The van der Waals surface area contributed by atoms with Crippen LogP contribution < -0.4 is 0 Å². The molecule has 9 aromatic heterocycles. The van der Waals surface area contributed by atoms with E-state index in [9.17, 15) is 4.39 Å². The summed E-state index contributed by atoms with van der Waals surface area (Å²) < 4.78 is 26.7. The number of thiophene rings is 1. The van der Waals surface area contributed by atoms with Gasteiger partial charge in [0.1, 0.15) is 39.2 Å². The molecule has 0 aliphatic carbocycles. The van der Waals surface area contributed by atoms with Gasteiger partial charge in [-0.2, -0.15) is 23.5 Å². The number of imidazole rings is 2. The third-order valence-electron chi connectivity index (χ3n) is 14.6. The van der Waals surface area contributed by atoms with Gasteiger partial charge in [0.15, 0.2) is 18.2 Å². The Hall–Kier alpha value is -9.73. The van der Waals surface area contributed by atoms with Gasteiger partial charge >= 0.3 is 0 Å². The summed E-state index contributed by atoms with van der Waals surface area (Å²) >= 11 is 7.05. The molecule has 500 valence electrons. The molecule has 0 saturated heterocycles. The molecule has 2 N–H and O–H groups in total. The number of aromatic amines is 2. The molecule has 0 fully saturated rings. The minimum Gasteiger partial charge on any atom is -0.436 e. The Labute approximate surface area is 583 Å². The van der Waals surface area contributed by atoms with Crippen molar-refractivity contribution in [2.75, 3.05) is 32.1 Å². The largest absolute Gasteiger partial charge is 0.436 e. The summed E-state index contributed by atoms with van der Waals surface area (Å²) in [5.41, 5.74) is 23.8. The number of nitrogens with one attached hydrogen (secondary N) is 2. The van der Waals surface area contributed by atoms with Crippen LogP contribution in [0.4, 0.5) is 4.39 Å². The van der Waals surface area contributed by atoms with E-state index in [1.165, 1.54) is 37.9 Å². The van der Waals surface area contributed by atoms with Crippen molar-refractivity contribution in [3.8, 4) is 55.7 Å². The maximum Gasteiger partial charge on any atom is 0.246 e.